The minimum absolute atomic E-state index is 0.236. The van der Waals surface area contributed by atoms with Crippen molar-refractivity contribution in [2.24, 2.45) is 0 Å². The molecule has 3 aromatic heterocycles. The van der Waals surface area contributed by atoms with Crippen LogP contribution >= 0.6 is 11.3 Å². The molecule has 0 spiro atoms. The second-order valence-electron chi connectivity index (χ2n) is 12.5. The van der Waals surface area contributed by atoms with Gasteiger partial charge in [-0.25, -0.2) is 9.97 Å². The molecule has 218 valence electrons. The van der Waals surface area contributed by atoms with Gasteiger partial charge in [0.15, 0.2) is 5.82 Å². The second-order valence-corrected chi connectivity index (χ2v) is 13.5. The van der Waals surface area contributed by atoms with Crippen LogP contribution in [0.2, 0.25) is 0 Å². The van der Waals surface area contributed by atoms with Gasteiger partial charge in [-0.15, -0.1) is 11.3 Å². The third kappa shape index (κ3) is 4.14. The van der Waals surface area contributed by atoms with Gasteiger partial charge in [0.2, 0.25) is 0 Å². The van der Waals surface area contributed by atoms with Crippen LogP contribution in [0.4, 0.5) is 0 Å². The van der Waals surface area contributed by atoms with Crippen LogP contribution in [0.3, 0.4) is 0 Å². The Morgan fingerprint density at radius 2 is 1.24 bits per heavy atom. The minimum Gasteiger partial charge on any atom is -0.264 e. The van der Waals surface area contributed by atoms with Crippen molar-refractivity contribution in [1.82, 2.24) is 15.0 Å². The fourth-order valence-corrected chi connectivity index (χ4v) is 8.35. The summed E-state index contributed by atoms with van der Waals surface area (Å²) < 4.78 is 2.62. The number of nitrogens with zero attached hydrogens (tertiary/aromatic N) is 3. The Hall–Kier alpha value is -5.45. The fraction of sp³-hybridized carbons (Fsp3) is 0.0714. The lowest BCUT2D eigenvalue weighted by Gasteiger charge is -2.24. The molecule has 3 heterocycles. The van der Waals surface area contributed by atoms with Crippen LogP contribution in [-0.4, -0.2) is 15.0 Å². The van der Waals surface area contributed by atoms with Crippen LogP contribution < -0.4 is 0 Å². The summed E-state index contributed by atoms with van der Waals surface area (Å²) in [5, 5.41) is 2.61. The summed E-state index contributed by atoms with van der Waals surface area (Å²) in [4.78, 5) is 15.0. The van der Waals surface area contributed by atoms with E-state index < -0.39 is 0 Å². The largest absolute Gasteiger partial charge is 0.264 e. The van der Waals surface area contributed by atoms with Crippen molar-refractivity contribution in [2.45, 2.75) is 19.3 Å². The molecule has 0 unspecified atom stereocenters. The van der Waals surface area contributed by atoms with Crippen molar-refractivity contribution in [1.29, 1.82) is 0 Å². The summed E-state index contributed by atoms with van der Waals surface area (Å²) >= 11 is 1.86. The molecule has 0 amide bonds. The van der Waals surface area contributed by atoms with Gasteiger partial charge in [-0.05, 0) is 46.0 Å². The Morgan fingerprint density at radius 3 is 2.11 bits per heavy atom. The molecule has 0 saturated carbocycles. The first-order valence-corrected chi connectivity index (χ1v) is 16.4. The molecule has 1 aliphatic rings. The second kappa shape index (κ2) is 10.3. The number of thiophene rings is 1. The first-order valence-electron chi connectivity index (χ1n) is 15.6. The maximum atomic E-state index is 5.38. The van der Waals surface area contributed by atoms with Crippen LogP contribution in [0.1, 0.15) is 25.0 Å². The molecule has 5 aromatic carbocycles. The molecule has 0 atom stereocenters. The van der Waals surface area contributed by atoms with Crippen molar-refractivity contribution in [3.8, 4) is 56.2 Å². The Bertz CT molecular complexity index is 2440. The highest BCUT2D eigenvalue weighted by molar-refractivity contribution is 7.26. The zero-order valence-electron chi connectivity index (χ0n) is 25.5. The number of hydrogen-bond acceptors (Lipinski definition) is 4. The molecule has 3 nitrogen and oxygen atoms in total. The molecule has 4 heteroatoms. The van der Waals surface area contributed by atoms with Crippen molar-refractivity contribution in [3.63, 3.8) is 0 Å². The Kier molecular flexibility index (Phi) is 6.02. The predicted molar refractivity (Wildman–Crippen MR) is 192 cm³/mol. The Morgan fingerprint density at radius 1 is 0.543 bits per heavy atom. The predicted octanol–water partition coefficient (Wildman–Crippen LogP) is 11.2. The zero-order valence-corrected chi connectivity index (χ0v) is 26.3. The number of rotatable bonds is 4. The van der Waals surface area contributed by atoms with E-state index in [1.807, 2.05) is 23.6 Å². The van der Waals surface area contributed by atoms with Crippen LogP contribution in [0, 0.1) is 0 Å². The maximum Gasteiger partial charge on any atom is 0.160 e. The SMILES string of the molecule is CC1(C)c2ccccc2-c2nc(-c3cccc(-c4cccc5c4sc4ccccc45)c3)nc(-c3ccc(-c4cccnc4)cc3)c21. The lowest BCUT2D eigenvalue weighted by atomic mass is 9.80. The average Bonchev–Trinajstić information content (AvgIpc) is 3.61. The van der Waals surface area contributed by atoms with Gasteiger partial charge in [-0.2, -0.15) is 0 Å². The van der Waals surface area contributed by atoms with Crippen LogP contribution in [0.5, 0.6) is 0 Å². The average molecular weight is 608 g/mol. The molecule has 0 saturated heterocycles. The normalized spacial score (nSPS) is 13.2. The van der Waals surface area contributed by atoms with Gasteiger partial charge in [-0.3, -0.25) is 4.98 Å². The highest BCUT2D eigenvalue weighted by Gasteiger charge is 2.40. The molecule has 1 aliphatic carbocycles. The lowest BCUT2D eigenvalue weighted by Crippen LogP contribution is -2.17. The highest BCUT2D eigenvalue weighted by Crippen LogP contribution is 2.51. The quantitative estimate of drug-likeness (QED) is 0.200. The van der Waals surface area contributed by atoms with Crippen LogP contribution in [0.15, 0.2) is 140 Å². The smallest absolute Gasteiger partial charge is 0.160 e. The molecular formula is C42H29N3S. The molecule has 0 fully saturated rings. The van der Waals surface area contributed by atoms with E-state index in [9.17, 15) is 0 Å². The third-order valence-electron chi connectivity index (χ3n) is 9.38. The third-order valence-corrected chi connectivity index (χ3v) is 10.6. The Balaban J connectivity index is 1.23. The number of aromatic nitrogens is 3. The fourth-order valence-electron chi connectivity index (χ4n) is 7.11. The molecule has 0 N–H and O–H groups in total. The highest BCUT2D eigenvalue weighted by atomic mass is 32.1. The summed E-state index contributed by atoms with van der Waals surface area (Å²) in [6.07, 6.45) is 3.71. The monoisotopic (exact) mass is 607 g/mol. The summed E-state index contributed by atoms with van der Waals surface area (Å²) in [6.45, 7) is 4.58. The van der Waals surface area contributed by atoms with Crippen molar-refractivity contribution < 1.29 is 0 Å². The minimum atomic E-state index is -0.236. The van der Waals surface area contributed by atoms with Crippen molar-refractivity contribution in [3.05, 3.63) is 151 Å². The van der Waals surface area contributed by atoms with Crippen molar-refractivity contribution in [2.75, 3.05) is 0 Å². The summed E-state index contributed by atoms with van der Waals surface area (Å²) in [6, 6.07) is 45.5. The van der Waals surface area contributed by atoms with E-state index in [4.69, 9.17) is 9.97 Å². The van der Waals surface area contributed by atoms with Gasteiger partial charge >= 0.3 is 0 Å². The van der Waals surface area contributed by atoms with E-state index in [1.165, 1.54) is 48.0 Å². The van der Waals surface area contributed by atoms with Gasteiger partial charge in [0, 0.05) is 60.2 Å². The molecule has 8 aromatic rings. The van der Waals surface area contributed by atoms with Gasteiger partial charge in [0.05, 0.1) is 11.4 Å². The maximum absolute atomic E-state index is 5.38. The molecule has 0 bridgehead atoms. The Labute approximate surface area is 271 Å². The molecule has 0 aliphatic heterocycles. The first-order chi connectivity index (χ1) is 22.6. The molecular weight excluding hydrogens is 579 g/mol. The summed E-state index contributed by atoms with van der Waals surface area (Å²) in [5.41, 5.74) is 12.1. The van der Waals surface area contributed by atoms with Crippen LogP contribution in [-0.2, 0) is 5.41 Å². The molecule has 0 radical (unpaired) electrons. The number of hydrogen-bond donors (Lipinski definition) is 0. The number of benzene rings is 5. The van der Waals surface area contributed by atoms with E-state index in [0.717, 1.165) is 39.5 Å². The van der Waals surface area contributed by atoms with Crippen molar-refractivity contribution >= 4 is 31.5 Å². The summed E-state index contributed by atoms with van der Waals surface area (Å²) in [5.74, 6) is 0.739. The van der Waals surface area contributed by atoms with E-state index in [-0.39, 0.29) is 5.41 Å². The topological polar surface area (TPSA) is 38.7 Å². The van der Waals surface area contributed by atoms with Crippen LogP contribution in [0.25, 0.3) is 76.3 Å². The van der Waals surface area contributed by atoms with Gasteiger partial charge in [0.25, 0.3) is 0 Å². The van der Waals surface area contributed by atoms with Gasteiger partial charge in [-0.1, -0.05) is 123 Å². The van der Waals surface area contributed by atoms with Gasteiger partial charge in [0.1, 0.15) is 0 Å². The van der Waals surface area contributed by atoms with Gasteiger partial charge < -0.3 is 0 Å². The van der Waals surface area contributed by atoms with E-state index in [1.54, 1.807) is 6.20 Å². The molecule has 46 heavy (non-hydrogen) atoms. The lowest BCUT2D eigenvalue weighted by molar-refractivity contribution is 0.658. The van der Waals surface area contributed by atoms with E-state index >= 15 is 0 Å². The number of pyridine rings is 1. The van der Waals surface area contributed by atoms with E-state index in [0.29, 0.717) is 0 Å². The standard InChI is InChI=1S/C42H29N3S/c1-42(2)35-17-5-3-14-34(35)39-37(42)38(27-21-19-26(20-22-27)30-12-9-23-43-25-30)44-41(45-39)29-11-7-10-28(24-29)31-15-8-16-33-32-13-4-6-18-36(32)46-40(31)33/h3-25H,1-2H3. The summed E-state index contributed by atoms with van der Waals surface area (Å²) in [7, 11) is 0. The first kappa shape index (κ1) is 26.9. The number of fused-ring (bicyclic) bond motifs is 6. The zero-order chi connectivity index (χ0) is 30.8. The van der Waals surface area contributed by atoms with E-state index in [2.05, 4.69) is 140 Å². The molecule has 9 rings (SSSR count).